The molecule has 0 spiro atoms. The molecule has 0 radical (unpaired) electrons. The summed E-state index contributed by atoms with van der Waals surface area (Å²) in [4.78, 5) is 11.5. The van der Waals surface area contributed by atoms with Crippen molar-refractivity contribution < 1.29 is 4.74 Å². The number of aryl methyl sites for hydroxylation is 2. The van der Waals surface area contributed by atoms with Crippen molar-refractivity contribution >= 4 is 5.82 Å². The van der Waals surface area contributed by atoms with Crippen LogP contribution in [0.15, 0.2) is 30.5 Å². The Kier molecular flexibility index (Phi) is 5.12. The van der Waals surface area contributed by atoms with Crippen molar-refractivity contribution in [3.63, 3.8) is 0 Å². The van der Waals surface area contributed by atoms with Crippen molar-refractivity contribution in [3.05, 3.63) is 53.0 Å². The van der Waals surface area contributed by atoms with Crippen molar-refractivity contribution in [2.45, 2.75) is 51.2 Å². The Morgan fingerprint density at radius 3 is 3.00 bits per heavy atom. The maximum absolute atomic E-state index is 9.61. The average molecular weight is 348 g/mol. The number of pyridine rings is 2. The molecule has 2 aromatic rings. The van der Waals surface area contributed by atoms with E-state index < -0.39 is 0 Å². The Morgan fingerprint density at radius 1 is 1.23 bits per heavy atom. The summed E-state index contributed by atoms with van der Waals surface area (Å²) in [7, 11) is 0. The summed E-state index contributed by atoms with van der Waals surface area (Å²) in [6, 6.07) is 10.3. The third kappa shape index (κ3) is 3.71. The number of aromatic nitrogens is 2. The number of anilines is 1. The van der Waals surface area contributed by atoms with E-state index in [0.717, 1.165) is 50.3 Å². The minimum absolute atomic E-state index is 0.148. The molecule has 1 aliphatic carbocycles. The molecule has 0 bridgehead atoms. The summed E-state index contributed by atoms with van der Waals surface area (Å²) in [5.41, 5.74) is 4.10. The van der Waals surface area contributed by atoms with E-state index in [2.05, 4.69) is 22.0 Å². The molecule has 1 atom stereocenters. The first-order chi connectivity index (χ1) is 12.8. The van der Waals surface area contributed by atoms with E-state index in [1.807, 2.05) is 18.2 Å². The number of fused-ring (bicyclic) bond motifs is 1. The van der Waals surface area contributed by atoms with E-state index >= 15 is 0 Å². The van der Waals surface area contributed by atoms with Crippen LogP contribution < -0.4 is 4.90 Å². The van der Waals surface area contributed by atoms with Crippen LogP contribution in [0.3, 0.4) is 0 Å². The van der Waals surface area contributed by atoms with E-state index in [9.17, 15) is 5.26 Å². The van der Waals surface area contributed by atoms with Gasteiger partial charge in [0.05, 0.1) is 24.0 Å². The summed E-state index contributed by atoms with van der Waals surface area (Å²) in [5.74, 6) is 0.847. The van der Waals surface area contributed by atoms with E-state index in [1.54, 1.807) is 6.20 Å². The molecular weight excluding hydrogens is 324 g/mol. The minimum Gasteiger partial charge on any atom is -0.370 e. The van der Waals surface area contributed by atoms with Gasteiger partial charge < -0.3 is 9.64 Å². The zero-order valence-electron chi connectivity index (χ0n) is 15.0. The summed E-state index contributed by atoms with van der Waals surface area (Å²) >= 11 is 0. The highest BCUT2D eigenvalue weighted by Crippen LogP contribution is 2.28. The van der Waals surface area contributed by atoms with Gasteiger partial charge in [0.2, 0.25) is 0 Å². The number of piperidine rings is 1. The molecule has 2 aliphatic rings. The molecule has 0 amide bonds. The van der Waals surface area contributed by atoms with Crippen molar-refractivity contribution in [1.82, 2.24) is 9.97 Å². The minimum atomic E-state index is 0.148. The van der Waals surface area contributed by atoms with Gasteiger partial charge in [-0.3, -0.25) is 4.98 Å². The second-order valence-electron chi connectivity index (χ2n) is 7.13. The Hall–Kier alpha value is -2.45. The third-order valence-electron chi connectivity index (χ3n) is 5.27. The van der Waals surface area contributed by atoms with E-state index in [-0.39, 0.29) is 6.10 Å². The lowest BCUT2D eigenvalue weighted by Crippen LogP contribution is -2.40. The van der Waals surface area contributed by atoms with Gasteiger partial charge in [0, 0.05) is 25.0 Å². The second kappa shape index (κ2) is 7.84. The van der Waals surface area contributed by atoms with E-state index in [0.29, 0.717) is 12.2 Å². The zero-order valence-corrected chi connectivity index (χ0v) is 15.0. The fraction of sp³-hybridized carbons (Fsp3) is 0.476. The lowest BCUT2D eigenvalue weighted by atomic mass is 9.94. The molecular formula is C21H24N4O. The smallest absolute Gasteiger partial charge is 0.146 e. The molecule has 0 N–H and O–H groups in total. The van der Waals surface area contributed by atoms with Crippen LogP contribution in [0.2, 0.25) is 0 Å². The SMILES string of the molecule is N#Cc1cc2c(nc1N1CCC[C@H](OCc3ccccn3)C1)CCCC2. The van der Waals surface area contributed by atoms with Crippen LogP contribution in [0, 0.1) is 11.3 Å². The molecule has 5 nitrogen and oxygen atoms in total. The zero-order chi connectivity index (χ0) is 17.8. The molecule has 0 aromatic carbocycles. The van der Waals surface area contributed by atoms with Crippen LogP contribution in [0.5, 0.6) is 0 Å². The molecule has 5 heteroatoms. The summed E-state index contributed by atoms with van der Waals surface area (Å²) in [6.45, 7) is 2.25. The van der Waals surface area contributed by atoms with E-state index in [1.165, 1.54) is 24.1 Å². The van der Waals surface area contributed by atoms with Gasteiger partial charge in [-0.05, 0) is 62.3 Å². The topological polar surface area (TPSA) is 62.0 Å². The van der Waals surface area contributed by atoms with Gasteiger partial charge in [-0.25, -0.2) is 4.98 Å². The molecule has 0 unspecified atom stereocenters. The van der Waals surface area contributed by atoms with Gasteiger partial charge in [0.25, 0.3) is 0 Å². The Morgan fingerprint density at radius 2 is 2.15 bits per heavy atom. The molecule has 134 valence electrons. The maximum Gasteiger partial charge on any atom is 0.146 e. The molecule has 1 aliphatic heterocycles. The fourth-order valence-corrected chi connectivity index (χ4v) is 3.90. The number of hydrogen-bond acceptors (Lipinski definition) is 5. The normalized spacial score (nSPS) is 19.7. The van der Waals surface area contributed by atoms with Gasteiger partial charge in [0.1, 0.15) is 11.9 Å². The van der Waals surface area contributed by atoms with Crippen molar-refractivity contribution in [2.75, 3.05) is 18.0 Å². The number of hydrogen-bond donors (Lipinski definition) is 0. The van der Waals surface area contributed by atoms with Crippen LogP contribution in [-0.2, 0) is 24.2 Å². The highest BCUT2D eigenvalue weighted by Gasteiger charge is 2.25. The summed E-state index contributed by atoms with van der Waals surface area (Å²) in [6.07, 6.45) is 8.51. The van der Waals surface area contributed by atoms with Crippen molar-refractivity contribution in [2.24, 2.45) is 0 Å². The van der Waals surface area contributed by atoms with Crippen molar-refractivity contribution in [3.8, 4) is 6.07 Å². The Bertz CT molecular complexity index is 800. The van der Waals surface area contributed by atoms with Crippen LogP contribution in [-0.4, -0.2) is 29.2 Å². The molecule has 1 fully saturated rings. The number of nitrogens with zero attached hydrogens (tertiary/aromatic N) is 4. The third-order valence-corrected chi connectivity index (χ3v) is 5.27. The molecule has 4 rings (SSSR count). The molecule has 26 heavy (non-hydrogen) atoms. The summed E-state index contributed by atoms with van der Waals surface area (Å²) in [5, 5.41) is 9.61. The molecule has 2 aromatic heterocycles. The summed E-state index contributed by atoms with van der Waals surface area (Å²) < 4.78 is 6.09. The number of nitriles is 1. The standard InChI is InChI=1S/C21H24N4O/c22-13-17-12-16-6-1-2-9-20(16)24-21(17)25-11-5-8-19(14-25)26-15-18-7-3-4-10-23-18/h3-4,7,10,12,19H,1-2,5-6,8-9,11,14-15H2/t19-/m0/s1. The first-order valence-electron chi connectivity index (χ1n) is 9.53. The fourth-order valence-electron chi connectivity index (χ4n) is 3.90. The first kappa shape index (κ1) is 17.0. The lowest BCUT2D eigenvalue weighted by molar-refractivity contribution is 0.0297. The van der Waals surface area contributed by atoms with Crippen LogP contribution in [0.4, 0.5) is 5.82 Å². The molecule has 0 saturated carbocycles. The van der Waals surface area contributed by atoms with Gasteiger partial charge in [0.15, 0.2) is 0 Å². The van der Waals surface area contributed by atoms with Crippen molar-refractivity contribution in [1.29, 1.82) is 5.26 Å². The predicted octanol–water partition coefficient (Wildman–Crippen LogP) is 3.41. The average Bonchev–Trinajstić information content (AvgIpc) is 2.72. The van der Waals surface area contributed by atoms with Crippen LogP contribution in [0.25, 0.3) is 0 Å². The monoisotopic (exact) mass is 348 g/mol. The van der Waals surface area contributed by atoms with Crippen LogP contribution >= 0.6 is 0 Å². The highest BCUT2D eigenvalue weighted by molar-refractivity contribution is 5.56. The Balaban J connectivity index is 1.48. The predicted molar refractivity (Wildman–Crippen MR) is 99.9 cm³/mol. The molecule has 1 saturated heterocycles. The Labute approximate surface area is 154 Å². The second-order valence-corrected chi connectivity index (χ2v) is 7.13. The molecule has 3 heterocycles. The first-order valence-corrected chi connectivity index (χ1v) is 9.53. The van der Waals surface area contributed by atoms with Gasteiger partial charge in [-0.15, -0.1) is 0 Å². The lowest BCUT2D eigenvalue weighted by Gasteiger charge is -2.34. The largest absolute Gasteiger partial charge is 0.370 e. The van der Waals surface area contributed by atoms with Crippen LogP contribution in [0.1, 0.15) is 48.2 Å². The highest BCUT2D eigenvalue weighted by atomic mass is 16.5. The number of ether oxygens (including phenoxy) is 1. The number of rotatable bonds is 4. The maximum atomic E-state index is 9.61. The van der Waals surface area contributed by atoms with Gasteiger partial charge in [-0.1, -0.05) is 6.07 Å². The quantitative estimate of drug-likeness (QED) is 0.847. The van der Waals surface area contributed by atoms with Gasteiger partial charge >= 0.3 is 0 Å². The van der Waals surface area contributed by atoms with E-state index in [4.69, 9.17) is 9.72 Å². The van der Waals surface area contributed by atoms with Gasteiger partial charge in [-0.2, -0.15) is 5.26 Å².